The van der Waals surface area contributed by atoms with Crippen molar-refractivity contribution in [3.63, 3.8) is 0 Å². The molecule has 0 saturated carbocycles. The van der Waals surface area contributed by atoms with Crippen LogP contribution in [0.25, 0.3) is 148 Å². The van der Waals surface area contributed by atoms with Crippen LogP contribution in [0.2, 0.25) is 0 Å². The van der Waals surface area contributed by atoms with Gasteiger partial charge in [-0.25, -0.2) is 0 Å². The van der Waals surface area contributed by atoms with Gasteiger partial charge < -0.3 is 4.57 Å². The minimum atomic E-state index is 1.16. The molecule has 1 heterocycles. The fraction of sp³-hybridized carbons (Fsp3) is 0. The second-order valence-electron chi connectivity index (χ2n) is 19.6. The molecule has 1 aromatic heterocycles. The van der Waals surface area contributed by atoms with Crippen molar-refractivity contribution >= 4 is 86.4 Å². The summed E-state index contributed by atoms with van der Waals surface area (Å²) in [5, 5.41) is 17.6. The highest BCUT2D eigenvalue weighted by Gasteiger charge is 2.20. The first-order chi connectivity index (χ1) is 36.2. The van der Waals surface area contributed by atoms with Crippen molar-refractivity contribution in [1.82, 2.24) is 4.57 Å². The van der Waals surface area contributed by atoms with Crippen LogP contribution in [-0.4, -0.2) is 4.57 Å². The fourth-order valence-electron chi connectivity index (χ4n) is 12.1. The number of benzene rings is 14. The Kier molecular flexibility index (Phi) is 9.33. The fourth-order valence-corrected chi connectivity index (χ4v) is 12.1. The third-order valence-corrected chi connectivity index (χ3v) is 15.5. The van der Waals surface area contributed by atoms with Gasteiger partial charge in [-0.3, -0.25) is 0 Å². The molecule has 0 spiro atoms. The average molecular weight is 924 g/mol. The number of para-hydroxylation sites is 2. The minimum Gasteiger partial charge on any atom is -0.309 e. The normalized spacial score (nSPS) is 11.8. The van der Waals surface area contributed by atoms with E-state index in [-0.39, 0.29) is 0 Å². The standard InChI is InChI=1S/C72H45N/c1-3-16-46(17-4-1)48-19-15-20-51(40-48)66-44-54-33-31-52-41-49(34-37-58(52)72(54)63-27-11-9-24-59(63)66)50-35-38-61(67-45-55-32-30-47-18-7-8-23-57(47)71(55)64-28-12-10-25-60(64)67)65(42-50)53-36-39-70-68(43-53)62-26-13-14-29-69(62)73(70)56-21-5-2-6-22-56/h1-45H. The summed E-state index contributed by atoms with van der Waals surface area (Å²) in [6.07, 6.45) is 0. The first-order valence-electron chi connectivity index (χ1n) is 25.3. The third-order valence-electron chi connectivity index (χ3n) is 15.5. The molecule has 15 rings (SSSR count). The van der Waals surface area contributed by atoms with Gasteiger partial charge in [0.05, 0.1) is 11.0 Å². The Bertz CT molecular complexity index is 4710. The molecule has 15 aromatic rings. The Morgan fingerprint density at radius 3 is 1.48 bits per heavy atom. The van der Waals surface area contributed by atoms with Crippen molar-refractivity contribution in [1.29, 1.82) is 0 Å². The highest BCUT2D eigenvalue weighted by atomic mass is 15.0. The first-order valence-corrected chi connectivity index (χ1v) is 25.3. The molecular formula is C72H45N. The third kappa shape index (κ3) is 6.63. The van der Waals surface area contributed by atoms with Crippen molar-refractivity contribution in [2.24, 2.45) is 0 Å². The molecule has 0 aliphatic rings. The van der Waals surface area contributed by atoms with Crippen LogP contribution in [0.3, 0.4) is 0 Å². The second-order valence-corrected chi connectivity index (χ2v) is 19.6. The van der Waals surface area contributed by atoms with E-state index in [2.05, 4.69) is 278 Å². The minimum absolute atomic E-state index is 1.16. The van der Waals surface area contributed by atoms with Crippen LogP contribution in [0, 0.1) is 0 Å². The van der Waals surface area contributed by atoms with Crippen LogP contribution in [0.1, 0.15) is 0 Å². The van der Waals surface area contributed by atoms with Crippen molar-refractivity contribution < 1.29 is 0 Å². The number of hydrogen-bond donors (Lipinski definition) is 0. The topological polar surface area (TPSA) is 4.93 Å². The zero-order valence-electron chi connectivity index (χ0n) is 39.9. The van der Waals surface area contributed by atoms with Crippen LogP contribution in [-0.2, 0) is 0 Å². The summed E-state index contributed by atoms with van der Waals surface area (Å²) in [7, 11) is 0. The lowest BCUT2D eigenvalue weighted by molar-refractivity contribution is 1.18. The van der Waals surface area contributed by atoms with E-state index < -0.39 is 0 Å². The van der Waals surface area contributed by atoms with Gasteiger partial charge in [0.1, 0.15) is 0 Å². The van der Waals surface area contributed by atoms with Crippen LogP contribution in [0.4, 0.5) is 0 Å². The summed E-state index contributed by atoms with van der Waals surface area (Å²) in [5.74, 6) is 0. The van der Waals surface area contributed by atoms with E-state index in [9.17, 15) is 0 Å². The zero-order valence-corrected chi connectivity index (χ0v) is 39.9. The maximum Gasteiger partial charge on any atom is 0.0541 e. The molecule has 0 N–H and O–H groups in total. The molecule has 0 aliphatic carbocycles. The zero-order chi connectivity index (χ0) is 48.0. The first kappa shape index (κ1) is 41.2. The van der Waals surface area contributed by atoms with Crippen LogP contribution >= 0.6 is 0 Å². The Morgan fingerprint density at radius 2 is 0.699 bits per heavy atom. The maximum atomic E-state index is 2.44. The molecule has 0 saturated heterocycles. The Morgan fingerprint density at radius 1 is 0.192 bits per heavy atom. The predicted molar refractivity (Wildman–Crippen MR) is 313 cm³/mol. The number of fused-ring (bicyclic) bond motifs is 13. The summed E-state index contributed by atoms with van der Waals surface area (Å²) in [4.78, 5) is 0. The summed E-state index contributed by atoms with van der Waals surface area (Å²) in [6.45, 7) is 0. The molecule has 0 unspecified atom stereocenters. The summed E-state index contributed by atoms with van der Waals surface area (Å²) >= 11 is 0. The molecule has 0 amide bonds. The van der Waals surface area contributed by atoms with Gasteiger partial charge in [0, 0.05) is 16.5 Å². The van der Waals surface area contributed by atoms with Crippen molar-refractivity contribution in [3.8, 4) is 61.3 Å². The quantitative estimate of drug-likeness (QED) is 0.146. The lowest BCUT2D eigenvalue weighted by Gasteiger charge is -2.18. The molecule has 1 heteroatoms. The lowest BCUT2D eigenvalue weighted by Crippen LogP contribution is -1.93. The van der Waals surface area contributed by atoms with Gasteiger partial charge >= 0.3 is 0 Å². The number of hydrogen-bond acceptors (Lipinski definition) is 0. The monoisotopic (exact) mass is 923 g/mol. The largest absolute Gasteiger partial charge is 0.309 e. The highest BCUT2D eigenvalue weighted by Crippen LogP contribution is 2.46. The van der Waals surface area contributed by atoms with E-state index in [0.717, 1.165) is 5.69 Å². The summed E-state index contributed by atoms with van der Waals surface area (Å²) in [5.41, 5.74) is 15.7. The van der Waals surface area contributed by atoms with Crippen LogP contribution in [0.5, 0.6) is 0 Å². The molecule has 338 valence electrons. The smallest absolute Gasteiger partial charge is 0.0541 e. The average Bonchev–Trinajstić information content (AvgIpc) is 3.80. The van der Waals surface area contributed by atoms with Gasteiger partial charge in [0.15, 0.2) is 0 Å². The van der Waals surface area contributed by atoms with Gasteiger partial charge in [-0.15, -0.1) is 0 Å². The molecular weight excluding hydrogens is 879 g/mol. The Labute approximate surface area is 423 Å². The van der Waals surface area contributed by atoms with E-state index >= 15 is 0 Å². The van der Waals surface area contributed by atoms with Gasteiger partial charge in [0.2, 0.25) is 0 Å². The summed E-state index contributed by atoms with van der Waals surface area (Å²) < 4.78 is 2.40. The van der Waals surface area contributed by atoms with E-state index in [4.69, 9.17) is 0 Å². The van der Waals surface area contributed by atoms with Crippen LogP contribution in [0.15, 0.2) is 273 Å². The van der Waals surface area contributed by atoms with Crippen molar-refractivity contribution in [3.05, 3.63) is 273 Å². The number of rotatable bonds is 6. The number of aromatic nitrogens is 1. The Balaban J connectivity index is 0.927. The van der Waals surface area contributed by atoms with Crippen molar-refractivity contribution in [2.75, 3.05) is 0 Å². The van der Waals surface area contributed by atoms with Crippen molar-refractivity contribution in [2.45, 2.75) is 0 Å². The summed E-state index contributed by atoms with van der Waals surface area (Å²) in [6, 6.07) is 101. The predicted octanol–water partition coefficient (Wildman–Crippen LogP) is 20.0. The molecule has 0 fully saturated rings. The molecule has 73 heavy (non-hydrogen) atoms. The second kappa shape index (κ2) is 16.5. The van der Waals surface area contributed by atoms with Gasteiger partial charge in [-0.05, 0) is 181 Å². The van der Waals surface area contributed by atoms with Crippen LogP contribution < -0.4 is 0 Å². The van der Waals surface area contributed by atoms with E-state index in [1.165, 1.54) is 142 Å². The van der Waals surface area contributed by atoms with Gasteiger partial charge in [-0.2, -0.15) is 0 Å². The maximum absolute atomic E-state index is 2.44. The van der Waals surface area contributed by atoms with E-state index in [1.54, 1.807) is 0 Å². The number of nitrogens with zero attached hydrogens (tertiary/aromatic N) is 1. The molecule has 0 aliphatic heterocycles. The molecule has 1 nitrogen and oxygen atoms in total. The van der Waals surface area contributed by atoms with E-state index in [0.29, 0.717) is 0 Å². The Hall–Kier alpha value is -9.56. The molecule has 0 radical (unpaired) electrons. The SMILES string of the molecule is c1ccc(-c2cccc(-c3cc4ccc5cc(-c6ccc(-c7cc8ccc9ccccc9c8c8ccccc78)c(-c7ccc8c(c7)c7ccccc7n8-c7ccccc7)c6)ccc5c4c4ccccc34)c2)cc1. The lowest BCUT2D eigenvalue weighted by atomic mass is 9.85. The van der Waals surface area contributed by atoms with Gasteiger partial charge in [0.25, 0.3) is 0 Å². The molecule has 14 aromatic carbocycles. The highest BCUT2D eigenvalue weighted by molar-refractivity contribution is 6.25. The van der Waals surface area contributed by atoms with Gasteiger partial charge in [-0.1, -0.05) is 212 Å². The van der Waals surface area contributed by atoms with E-state index in [1.807, 2.05) is 0 Å². The molecule has 0 bridgehead atoms. The molecule has 0 atom stereocenters.